The number of likely N-dealkylation sites (tertiary alicyclic amines) is 1. The largest absolute Gasteiger partial charge is 0.481 e. The van der Waals surface area contributed by atoms with Crippen molar-refractivity contribution in [3.63, 3.8) is 0 Å². The van der Waals surface area contributed by atoms with E-state index in [0.717, 1.165) is 32.1 Å². The van der Waals surface area contributed by atoms with Crippen LogP contribution in [-0.2, 0) is 14.4 Å². The summed E-state index contributed by atoms with van der Waals surface area (Å²) >= 11 is 0. The van der Waals surface area contributed by atoms with E-state index in [-0.39, 0.29) is 24.7 Å². The number of amides is 5. The van der Waals surface area contributed by atoms with Crippen LogP contribution in [0, 0.1) is 17.3 Å². The van der Waals surface area contributed by atoms with Crippen LogP contribution in [0.5, 0.6) is 0 Å². The Morgan fingerprint density at radius 3 is 2.25 bits per heavy atom. The van der Waals surface area contributed by atoms with Crippen molar-refractivity contribution in [1.82, 2.24) is 30.8 Å². The van der Waals surface area contributed by atoms with Crippen LogP contribution in [-0.4, -0.2) is 80.9 Å². The molecule has 2 heterocycles. The highest BCUT2D eigenvalue weighted by atomic mass is 16.4. The van der Waals surface area contributed by atoms with E-state index in [2.05, 4.69) is 31.2 Å². The van der Waals surface area contributed by atoms with E-state index >= 15 is 0 Å². The van der Waals surface area contributed by atoms with Gasteiger partial charge in [0.25, 0.3) is 5.91 Å². The Morgan fingerprint density at radius 1 is 0.932 bits per heavy atom. The Morgan fingerprint density at radius 2 is 1.64 bits per heavy atom. The van der Waals surface area contributed by atoms with Crippen molar-refractivity contribution in [3.8, 4) is 0 Å². The van der Waals surface area contributed by atoms with Gasteiger partial charge in [0, 0.05) is 31.2 Å². The van der Waals surface area contributed by atoms with Gasteiger partial charge in [-0.25, -0.2) is 9.78 Å². The number of aliphatic carboxylic acids is 1. The molecule has 2 unspecified atom stereocenters. The number of hydrogen-bond acceptors (Lipinski definition) is 7. The van der Waals surface area contributed by atoms with Gasteiger partial charge in [0.1, 0.15) is 17.8 Å². The molecule has 4 atom stereocenters. The minimum atomic E-state index is -1.15. The molecule has 1 saturated carbocycles. The van der Waals surface area contributed by atoms with Crippen molar-refractivity contribution in [2.45, 2.75) is 71.0 Å². The van der Waals surface area contributed by atoms with Gasteiger partial charge in [-0.3, -0.25) is 24.2 Å². The van der Waals surface area contributed by atoms with Gasteiger partial charge in [-0.2, -0.15) is 0 Å². The summed E-state index contributed by atoms with van der Waals surface area (Å²) in [6, 6.07) is 5.46. The van der Waals surface area contributed by atoms with Crippen LogP contribution < -0.4 is 21.3 Å². The number of nitrogens with one attached hydrogen (secondary N) is 4. The van der Waals surface area contributed by atoms with Gasteiger partial charge >= 0.3 is 12.0 Å². The van der Waals surface area contributed by atoms with Gasteiger partial charge in [0.05, 0.1) is 18.2 Å². The third kappa shape index (κ3) is 8.29. The molecule has 13 nitrogen and oxygen atoms in total. The van der Waals surface area contributed by atoms with E-state index in [0.29, 0.717) is 5.69 Å². The Kier molecular flexibility index (Phi) is 10.5. The van der Waals surface area contributed by atoms with E-state index in [9.17, 15) is 29.1 Å². The topological polar surface area (TPSA) is 183 Å². The fourth-order valence-electron chi connectivity index (χ4n) is 5.76. The molecule has 1 aromatic heterocycles. The Balaban J connectivity index is 1.48. The van der Waals surface area contributed by atoms with Crippen molar-refractivity contribution in [2.24, 2.45) is 17.3 Å². The van der Waals surface area contributed by atoms with Crippen LogP contribution in [0.1, 0.15) is 63.4 Å². The number of carbonyl (C=O) groups excluding carboxylic acids is 4. The monoisotopic (exact) mass is 607 g/mol. The molecule has 2 fully saturated rings. The number of aromatic nitrogens is 2. The van der Waals surface area contributed by atoms with Gasteiger partial charge in [0.2, 0.25) is 11.8 Å². The molecule has 0 spiro atoms. The number of nitrogens with zero attached hydrogens (tertiary/aromatic N) is 3. The van der Waals surface area contributed by atoms with E-state index in [4.69, 9.17) is 0 Å². The highest BCUT2D eigenvalue weighted by molar-refractivity contribution is 5.97. The Hall–Kier alpha value is -4.55. The van der Waals surface area contributed by atoms with Gasteiger partial charge in [0.15, 0.2) is 0 Å². The molecule has 1 aromatic carbocycles. The second-order valence-electron chi connectivity index (χ2n) is 12.5. The summed E-state index contributed by atoms with van der Waals surface area (Å²) in [7, 11) is 0. The molecule has 1 aliphatic carbocycles. The molecule has 5 amide bonds. The maximum Gasteiger partial charge on any atom is 0.321 e. The number of rotatable bonds is 9. The molecule has 0 radical (unpaired) electrons. The second kappa shape index (κ2) is 14.3. The predicted octanol–water partition coefficient (Wildman–Crippen LogP) is 2.42. The van der Waals surface area contributed by atoms with Crippen LogP contribution in [0.4, 0.5) is 10.5 Å². The molecular formula is C31H41N7O6. The van der Waals surface area contributed by atoms with Crippen molar-refractivity contribution < 1.29 is 29.1 Å². The fraction of sp³-hybridized carbons (Fsp3) is 0.516. The molecule has 1 aliphatic heterocycles. The normalized spacial score (nSPS) is 20.2. The zero-order chi connectivity index (χ0) is 31.9. The highest BCUT2D eigenvalue weighted by Crippen LogP contribution is 2.28. The third-order valence-electron chi connectivity index (χ3n) is 8.18. The summed E-state index contributed by atoms with van der Waals surface area (Å²) < 4.78 is 0. The molecule has 44 heavy (non-hydrogen) atoms. The molecule has 1 saturated heterocycles. The first-order valence-electron chi connectivity index (χ1n) is 15.0. The minimum absolute atomic E-state index is 0.0228. The van der Waals surface area contributed by atoms with Crippen molar-refractivity contribution in [2.75, 3.05) is 18.4 Å². The molecule has 4 rings (SSSR count). The zero-order valence-electron chi connectivity index (χ0n) is 25.3. The third-order valence-corrected chi connectivity index (χ3v) is 8.18. The van der Waals surface area contributed by atoms with Crippen molar-refractivity contribution >= 4 is 35.4 Å². The maximum absolute atomic E-state index is 13.8. The summed E-state index contributed by atoms with van der Waals surface area (Å²) in [5.41, 5.74) is -0.132. The molecule has 5 N–H and O–H groups in total. The van der Waals surface area contributed by atoms with Gasteiger partial charge in [-0.1, -0.05) is 58.2 Å². The first kappa shape index (κ1) is 32.4. The lowest BCUT2D eigenvalue weighted by Gasteiger charge is -2.35. The first-order valence-corrected chi connectivity index (χ1v) is 15.0. The van der Waals surface area contributed by atoms with Crippen LogP contribution in [0.3, 0.4) is 0 Å². The SMILES string of the molecule is CC(C)(C)C(NC(=O)C(NC(=O)c1cnccn1)C1CCCCC1)C(=O)N[C@H]1CN(C(=O)Nc2ccccc2)C[C@H]1C(=O)O. The van der Waals surface area contributed by atoms with Crippen molar-refractivity contribution in [3.05, 3.63) is 54.6 Å². The van der Waals surface area contributed by atoms with Crippen molar-refractivity contribution in [1.29, 1.82) is 0 Å². The smallest absolute Gasteiger partial charge is 0.321 e. The van der Waals surface area contributed by atoms with E-state index in [1.165, 1.54) is 23.5 Å². The number of benzene rings is 1. The zero-order valence-corrected chi connectivity index (χ0v) is 25.3. The second-order valence-corrected chi connectivity index (χ2v) is 12.5. The number of carboxylic acids is 1. The number of carbonyl (C=O) groups is 5. The summed E-state index contributed by atoms with van der Waals surface area (Å²) in [6.45, 7) is 5.24. The first-order chi connectivity index (χ1) is 20.9. The number of carboxylic acid groups (broad SMARTS) is 1. The maximum atomic E-state index is 13.8. The number of urea groups is 1. The molecule has 2 aromatic rings. The lowest BCUT2D eigenvalue weighted by molar-refractivity contribution is -0.142. The van der Waals surface area contributed by atoms with Gasteiger partial charge < -0.3 is 31.3 Å². The standard InChI is InChI=1S/C31H41N7O6/c1-31(2,3)25(37-27(40)24(19-10-6-4-7-11-19)36-26(39)22-16-32-14-15-33-22)28(41)35-23-18-38(17-21(23)29(42)43)30(44)34-20-12-8-5-9-13-20/h5,8-9,12-16,19,21,23-25H,4,6-7,10-11,17-18H2,1-3H3,(H,34,44)(H,35,41)(H,36,39)(H,37,40)(H,42,43)/t21-,23+,24?,25?/m1/s1. The quantitative estimate of drug-likeness (QED) is 0.288. The summed E-state index contributed by atoms with van der Waals surface area (Å²) in [6.07, 6.45) is 8.54. The molecular weight excluding hydrogens is 566 g/mol. The van der Waals surface area contributed by atoms with Crippen LogP contribution in [0.25, 0.3) is 0 Å². The Labute approximate surface area is 256 Å². The molecule has 13 heteroatoms. The molecule has 2 aliphatic rings. The van der Waals surface area contributed by atoms with Gasteiger partial charge in [-0.15, -0.1) is 0 Å². The summed E-state index contributed by atoms with van der Waals surface area (Å²) in [4.78, 5) is 74.8. The Bertz CT molecular complexity index is 1330. The lowest BCUT2D eigenvalue weighted by Crippen LogP contribution is -2.61. The number of anilines is 1. The average Bonchev–Trinajstić information content (AvgIpc) is 3.43. The number of para-hydroxylation sites is 1. The number of hydrogen-bond donors (Lipinski definition) is 5. The molecule has 236 valence electrons. The van der Waals surface area contributed by atoms with Crippen LogP contribution in [0.15, 0.2) is 48.9 Å². The average molecular weight is 608 g/mol. The van der Waals surface area contributed by atoms with E-state index in [1.54, 1.807) is 45.0 Å². The lowest BCUT2D eigenvalue weighted by atomic mass is 9.82. The van der Waals surface area contributed by atoms with Crippen LogP contribution >= 0.6 is 0 Å². The van der Waals surface area contributed by atoms with E-state index < -0.39 is 59.2 Å². The molecule has 0 bridgehead atoms. The fourth-order valence-corrected chi connectivity index (χ4v) is 5.76. The summed E-state index contributed by atoms with van der Waals surface area (Å²) in [5.74, 6) is -3.94. The van der Waals surface area contributed by atoms with Crippen LogP contribution in [0.2, 0.25) is 0 Å². The summed E-state index contributed by atoms with van der Waals surface area (Å²) in [5, 5.41) is 21.1. The van der Waals surface area contributed by atoms with E-state index in [1.807, 2.05) is 6.07 Å². The predicted molar refractivity (Wildman–Crippen MR) is 161 cm³/mol. The minimum Gasteiger partial charge on any atom is -0.481 e. The highest BCUT2D eigenvalue weighted by Gasteiger charge is 2.44. The van der Waals surface area contributed by atoms with Gasteiger partial charge in [-0.05, 0) is 36.3 Å².